The predicted octanol–water partition coefficient (Wildman–Crippen LogP) is 0.162. The summed E-state index contributed by atoms with van der Waals surface area (Å²) in [5.41, 5.74) is 0.637. The molecule has 0 bridgehead atoms. The summed E-state index contributed by atoms with van der Waals surface area (Å²) in [6.07, 6.45) is 3.53. The molecule has 0 atom stereocenters. The lowest BCUT2D eigenvalue weighted by Crippen LogP contribution is -2.37. The Morgan fingerprint density at radius 1 is 1.40 bits per heavy atom. The van der Waals surface area contributed by atoms with Gasteiger partial charge in [-0.3, -0.25) is 4.98 Å². The van der Waals surface area contributed by atoms with Crippen molar-refractivity contribution in [3.05, 3.63) is 30.1 Å². The van der Waals surface area contributed by atoms with Crippen LogP contribution in [-0.4, -0.2) is 35.0 Å². The highest BCUT2D eigenvalue weighted by atomic mass is 16.3. The van der Waals surface area contributed by atoms with Crippen molar-refractivity contribution in [2.24, 2.45) is 5.41 Å². The molecular weight excluding hydrogens is 192 g/mol. The quantitative estimate of drug-likeness (QED) is 0.626. The van der Waals surface area contributed by atoms with Gasteiger partial charge in [-0.2, -0.15) is 0 Å². The monoisotopic (exact) mass is 210 g/mol. The third kappa shape index (κ3) is 3.95. The summed E-state index contributed by atoms with van der Waals surface area (Å²) >= 11 is 0. The minimum absolute atomic E-state index is 0.0243. The van der Waals surface area contributed by atoms with E-state index in [2.05, 4.69) is 10.3 Å². The number of pyridine rings is 1. The molecule has 0 aliphatic rings. The number of nitrogens with one attached hydrogen (secondary N) is 1. The highest BCUT2D eigenvalue weighted by Crippen LogP contribution is 2.12. The average Bonchev–Trinajstić information content (AvgIpc) is 2.30. The van der Waals surface area contributed by atoms with Gasteiger partial charge < -0.3 is 15.5 Å². The van der Waals surface area contributed by atoms with E-state index in [9.17, 15) is 0 Å². The zero-order valence-electron chi connectivity index (χ0n) is 8.98. The van der Waals surface area contributed by atoms with Crippen molar-refractivity contribution in [1.29, 1.82) is 0 Å². The summed E-state index contributed by atoms with van der Waals surface area (Å²) in [7, 11) is 0. The summed E-state index contributed by atoms with van der Waals surface area (Å²) in [6, 6.07) is 3.86. The average molecular weight is 210 g/mol. The first kappa shape index (κ1) is 12.1. The highest BCUT2D eigenvalue weighted by molar-refractivity contribution is 5.07. The molecule has 1 heterocycles. The normalized spacial score (nSPS) is 11.7. The lowest BCUT2D eigenvalue weighted by Gasteiger charge is -2.24. The first-order valence-electron chi connectivity index (χ1n) is 5.01. The third-order valence-electron chi connectivity index (χ3n) is 2.37. The maximum absolute atomic E-state index is 9.07. The van der Waals surface area contributed by atoms with E-state index in [-0.39, 0.29) is 13.2 Å². The maximum Gasteiger partial charge on any atom is 0.0518 e. The highest BCUT2D eigenvalue weighted by Gasteiger charge is 2.21. The molecule has 84 valence electrons. The number of nitrogens with zero attached hydrogens (tertiary/aromatic N) is 1. The molecule has 1 rings (SSSR count). The van der Waals surface area contributed by atoms with Gasteiger partial charge in [-0.15, -0.1) is 0 Å². The molecule has 4 nitrogen and oxygen atoms in total. The fraction of sp³-hybridized carbons (Fsp3) is 0.545. The molecule has 0 unspecified atom stereocenters. The molecule has 1 aromatic rings. The Morgan fingerprint density at radius 3 is 2.67 bits per heavy atom. The number of aliphatic hydroxyl groups excluding tert-OH is 2. The first-order valence-corrected chi connectivity index (χ1v) is 5.01. The van der Waals surface area contributed by atoms with Crippen LogP contribution in [0.15, 0.2) is 24.5 Å². The van der Waals surface area contributed by atoms with E-state index in [0.717, 1.165) is 5.56 Å². The van der Waals surface area contributed by atoms with Crippen molar-refractivity contribution < 1.29 is 10.2 Å². The Labute approximate surface area is 90.0 Å². The molecule has 3 N–H and O–H groups in total. The van der Waals surface area contributed by atoms with Crippen LogP contribution in [0.3, 0.4) is 0 Å². The minimum Gasteiger partial charge on any atom is -0.396 e. The van der Waals surface area contributed by atoms with Gasteiger partial charge in [-0.05, 0) is 11.6 Å². The van der Waals surface area contributed by atoms with Crippen molar-refractivity contribution in [3.63, 3.8) is 0 Å². The van der Waals surface area contributed by atoms with Gasteiger partial charge in [0.15, 0.2) is 0 Å². The fourth-order valence-corrected chi connectivity index (χ4v) is 1.17. The fourth-order valence-electron chi connectivity index (χ4n) is 1.17. The topological polar surface area (TPSA) is 65.4 Å². The second-order valence-electron chi connectivity index (χ2n) is 4.09. The van der Waals surface area contributed by atoms with Crippen molar-refractivity contribution in [2.75, 3.05) is 19.8 Å². The van der Waals surface area contributed by atoms with E-state index in [0.29, 0.717) is 13.1 Å². The van der Waals surface area contributed by atoms with Crippen LogP contribution in [0, 0.1) is 5.41 Å². The lowest BCUT2D eigenvalue weighted by molar-refractivity contribution is 0.0695. The summed E-state index contributed by atoms with van der Waals surface area (Å²) < 4.78 is 0. The van der Waals surface area contributed by atoms with Gasteiger partial charge in [-0.25, -0.2) is 0 Å². The maximum atomic E-state index is 9.07. The van der Waals surface area contributed by atoms with Gasteiger partial charge in [0.2, 0.25) is 0 Å². The molecule has 0 aliphatic heterocycles. The van der Waals surface area contributed by atoms with Gasteiger partial charge in [0.05, 0.1) is 13.2 Å². The van der Waals surface area contributed by atoms with Gasteiger partial charge in [-0.1, -0.05) is 13.0 Å². The third-order valence-corrected chi connectivity index (χ3v) is 2.37. The summed E-state index contributed by atoms with van der Waals surface area (Å²) in [5, 5.41) is 21.3. The zero-order valence-corrected chi connectivity index (χ0v) is 8.98. The smallest absolute Gasteiger partial charge is 0.0518 e. The second kappa shape index (κ2) is 5.80. The molecule has 0 spiro atoms. The van der Waals surface area contributed by atoms with Gasteiger partial charge in [0.1, 0.15) is 0 Å². The number of aliphatic hydroxyl groups is 2. The molecule has 0 aliphatic carbocycles. The molecule has 0 saturated heterocycles. The number of hydrogen-bond acceptors (Lipinski definition) is 4. The lowest BCUT2D eigenvalue weighted by atomic mass is 9.93. The largest absolute Gasteiger partial charge is 0.396 e. The van der Waals surface area contributed by atoms with E-state index in [1.807, 2.05) is 19.1 Å². The summed E-state index contributed by atoms with van der Waals surface area (Å²) in [6.45, 7) is 3.06. The second-order valence-corrected chi connectivity index (χ2v) is 4.09. The summed E-state index contributed by atoms with van der Waals surface area (Å²) in [4.78, 5) is 4.00. The van der Waals surface area contributed by atoms with Gasteiger partial charge in [0.25, 0.3) is 0 Å². The zero-order chi connectivity index (χ0) is 11.1. The van der Waals surface area contributed by atoms with Crippen molar-refractivity contribution >= 4 is 0 Å². The SMILES string of the molecule is CC(CO)(CO)CNCc1cccnc1. The van der Waals surface area contributed by atoms with Crippen LogP contribution >= 0.6 is 0 Å². The minimum atomic E-state index is -0.456. The molecule has 0 radical (unpaired) electrons. The Hall–Kier alpha value is -0.970. The predicted molar refractivity (Wildman–Crippen MR) is 58.2 cm³/mol. The van der Waals surface area contributed by atoms with E-state index in [1.54, 1.807) is 12.4 Å². The van der Waals surface area contributed by atoms with E-state index in [1.165, 1.54) is 0 Å². The number of aromatic nitrogens is 1. The van der Waals surface area contributed by atoms with E-state index < -0.39 is 5.41 Å². The number of rotatable bonds is 6. The van der Waals surface area contributed by atoms with Crippen LogP contribution < -0.4 is 5.32 Å². The van der Waals surface area contributed by atoms with E-state index >= 15 is 0 Å². The van der Waals surface area contributed by atoms with E-state index in [4.69, 9.17) is 10.2 Å². The molecule has 4 heteroatoms. The molecule has 15 heavy (non-hydrogen) atoms. The van der Waals surface area contributed by atoms with Crippen LogP contribution in [0.4, 0.5) is 0 Å². The van der Waals surface area contributed by atoms with Crippen LogP contribution in [-0.2, 0) is 6.54 Å². The van der Waals surface area contributed by atoms with Crippen LogP contribution in [0.25, 0.3) is 0 Å². The molecule has 0 saturated carbocycles. The standard InChI is InChI=1S/C11H18N2O2/c1-11(8-14,9-15)7-13-6-10-3-2-4-12-5-10/h2-5,13-15H,6-9H2,1H3. The number of hydrogen-bond donors (Lipinski definition) is 3. The Balaban J connectivity index is 2.33. The molecular formula is C11H18N2O2. The Bertz CT molecular complexity index is 273. The molecule has 0 amide bonds. The summed E-state index contributed by atoms with van der Waals surface area (Å²) in [5.74, 6) is 0. The van der Waals surface area contributed by atoms with Crippen molar-refractivity contribution in [2.45, 2.75) is 13.5 Å². The van der Waals surface area contributed by atoms with Crippen LogP contribution in [0.1, 0.15) is 12.5 Å². The van der Waals surface area contributed by atoms with Gasteiger partial charge >= 0.3 is 0 Å². The molecule has 0 aromatic carbocycles. The Morgan fingerprint density at radius 2 is 2.13 bits per heavy atom. The van der Waals surface area contributed by atoms with Crippen molar-refractivity contribution in [3.8, 4) is 0 Å². The van der Waals surface area contributed by atoms with Crippen molar-refractivity contribution in [1.82, 2.24) is 10.3 Å². The molecule has 1 aromatic heterocycles. The Kier molecular flexibility index (Phi) is 4.68. The van der Waals surface area contributed by atoms with Gasteiger partial charge in [0, 0.05) is 30.9 Å². The van der Waals surface area contributed by atoms with Crippen LogP contribution in [0.2, 0.25) is 0 Å². The first-order chi connectivity index (χ1) is 7.20. The van der Waals surface area contributed by atoms with Crippen LogP contribution in [0.5, 0.6) is 0 Å². The molecule has 0 fully saturated rings.